The number of morpholine rings is 1. The van der Waals surface area contributed by atoms with Crippen LogP contribution in [0.4, 0.5) is 0 Å². The second-order valence-electron chi connectivity index (χ2n) is 9.47. The Balaban J connectivity index is 1.42. The van der Waals surface area contributed by atoms with Crippen LogP contribution in [0.3, 0.4) is 0 Å². The van der Waals surface area contributed by atoms with Gasteiger partial charge >= 0.3 is 5.97 Å². The molecule has 2 N–H and O–H groups in total. The highest BCUT2D eigenvalue weighted by molar-refractivity contribution is 5.82. The van der Waals surface area contributed by atoms with Gasteiger partial charge < -0.3 is 29.4 Å². The largest absolute Gasteiger partial charge is 0.453 e. The number of nitrogens with one attached hydrogen (secondary N) is 1. The van der Waals surface area contributed by atoms with Gasteiger partial charge in [0.1, 0.15) is 0 Å². The van der Waals surface area contributed by atoms with E-state index in [1.807, 2.05) is 48.5 Å². The molecule has 37 heavy (non-hydrogen) atoms. The van der Waals surface area contributed by atoms with E-state index in [0.29, 0.717) is 6.54 Å². The number of aliphatic hydroxyl groups excluding tert-OH is 1. The highest BCUT2D eigenvalue weighted by Gasteiger charge is 2.33. The first-order chi connectivity index (χ1) is 17.9. The van der Waals surface area contributed by atoms with Crippen LogP contribution in [0, 0.1) is 0 Å². The van der Waals surface area contributed by atoms with Crippen LogP contribution in [0.1, 0.15) is 54.9 Å². The third-order valence-corrected chi connectivity index (χ3v) is 6.61. The molecule has 0 bridgehead atoms. The summed E-state index contributed by atoms with van der Waals surface area (Å²) in [6.07, 6.45) is -0.792. The van der Waals surface area contributed by atoms with Gasteiger partial charge in [-0.15, -0.1) is 0 Å². The maximum absolute atomic E-state index is 12.1. The molecule has 0 unspecified atom stereocenters. The molecule has 0 saturated carbocycles. The van der Waals surface area contributed by atoms with E-state index in [1.165, 1.54) is 6.92 Å². The van der Waals surface area contributed by atoms with Gasteiger partial charge in [-0.3, -0.25) is 14.5 Å². The van der Waals surface area contributed by atoms with Crippen molar-refractivity contribution in [3.05, 3.63) is 70.8 Å². The molecule has 4 rings (SSSR count). The Morgan fingerprint density at radius 2 is 1.68 bits per heavy atom. The minimum absolute atomic E-state index is 0.00661. The van der Waals surface area contributed by atoms with Gasteiger partial charge in [0.15, 0.2) is 12.4 Å². The zero-order valence-corrected chi connectivity index (χ0v) is 21.4. The van der Waals surface area contributed by atoms with Crippen molar-refractivity contribution in [2.75, 3.05) is 32.8 Å². The van der Waals surface area contributed by atoms with Crippen molar-refractivity contribution in [2.45, 2.75) is 58.0 Å². The quantitative estimate of drug-likeness (QED) is 0.494. The highest BCUT2D eigenvalue weighted by Crippen LogP contribution is 2.38. The lowest BCUT2D eigenvalue weighted by Crippen LogP contribution is -2.44. The minimum atomic E-state index is -0.840. The molecule has 0 radical (unpaired) electrons. The van der Waals surface area contributed by atoms with Crippen LogP contribution in [0.2, 0.25) is 0 Å². The first kappa shape index (κ1) is 27.2. The minimum Gasteiger partial charge on any atom is -0.453 e. The highest BCUT2D eigenvalue weighted by atomic mass is 16.7. The van der Waals surface area contributed by atoms with E-state index in [0.717, 1.165) is 61.5 Å². The number of hydrogen-bond acceptors (Lipinski definition) is 8. The van der Waals surface area contributed by atoms with E-state index < -0.39 is 18.4 Å². The van der Waals surface area contributed by atoms with E-state index in [9.17, 15) is 14.7 Å². The summed E-state index contributed by atoms with van der Waals surface area (Å²) >= 11 is 0. The molecule has 0 spiro atoms. The molecule has 200 valence electrons. The topological polar surface area (TPSA) is 107 Å². The summed E-state index contributed by atoms with van der Waals surface area (Å²) in [7, 11) is 0. The van der Waals surface area contributed by atoms with Gasteiger partial charge in [-0.1, -0.05) is 48.5 Å². The van der Waals surface area contributed by atoms with Gasteiger partial charge in [0.25, 0.3) is 5.91 Å². The Morgan fingerprint density at radius 3 is 2.32 bits per heavy atom. The monoisotopic (exact) mass is 512 g/mol. The van der Waals surface area contributed by atoms with Crippen LogP contribution in [0.5, 0.6) is 0 Å². The molecule has 2 aliphatic rings. The first-order valence-electron chi connectivity index (χ1n) is 12.8. The Kier molecular flexibility index (Phi) is 9.65. The van der Waals surface area contributed by atoms with Crippen LogP contribution < -0.4 is 5.32 Å². The maximum Gasteiger partial charge on any atom is 0.303 e. The van der Waals surface area contributed by atoms with Crippen molar-refractivity contribution in [3.8, 4) is 0 Å². The van der Waals surface area contributed by atoms with Crippen molar-refractivity contribution in [3.63, 3.8) is 0 Å². The second kappa shape index (κ2) is 13.1. The average Bonchev–Trinajstić information content (AvgIpc) is 2.92. The molecule has 4 atom stereocenters. The molecule has 1 amide bonds. The Morgan fingerprint density at radius 1 is 1.03 bits per heavy atom. The molecule has 9 nitrogen and oxygen atoms in total. The third-order valence-electron chi connectivity index (χ3n) is 6.61. The van der Waals surface area contributed by atoms with E-state index in [2.05, 4.69) is 10.2 Å². The molecule has 2 heterocycles. The first-order valence-corrected chi connectivity index (χ1v) is 12.8. The van der Waals surface area contributed by atoms with Crippen molar-refractivity contribution in [1.29, 1.82) is 0 Å². The van der Waals surface area contributed by atoms with Gasteiger partial charge in [-0.2, -0.15) is 0 Å². The van der Waals surface area contributed by atoms with Gasteiger partial charge in [0.05, 0.1) is 32.0 Å². The average molecular weight is 513 g/mol. The molecular formula is C28H36N2O7. The summed E-state index contributed by atoms with van der Waals surface area (Å²) in [5.41, 5.74) is 3.72. The zero-order valence-electron chi connectivity index (χ0n) is 21.4. The predicted octanol–water partition coefficient (Wildman–Crippen LogP) is 2.62. The fourth-order valence-corrected chi connectivity index (χ4v) is 4.53. The van der Waals surface area contributed by atoms with Crippen molar-refractivity contribution < 1.29 is 33.6 Å². The number of carbonyl (C=O) groups excluding carboxylic acids is 2. The van der Waals surface area contributed by atoms with Crippen molar-refractivity contribution in [1.82, 2.24) is 10.2 Å². The molecule has 2 aromatic carbocycles. The van der Waals surface area contributed by atoms with Gasteiger partial charge in [-0.05, 0) is 23.6 Å². The number of hydrogen-bond donors (Lipinski definition) is 2. The number of carbonyl (C=O) groups is 2. The third kappa shape index (κ3) is 7.83. The normalized spacial score (nSPS) is 23.3. The van der Waals surface area contributed by atoms with Gasteiger partial charge in [0, 0.05) is 45.1 Å². The Bertz CT molecular complexity index is 1020. The molecule has 2 aliphatic heterocycles. The van der Waals surface area contributed by atoms with Gasteiger partial charge in [0.2, 0.25) is 0 Å². The number of nitrogens with zero attached hydrogens (tertiary/aromatic N) is 1. The summed E-state index contributed by atoms with van der Waals surface area (Å²) in [5, 5.41) is 12.2. The zero-order chi connectivity index (χ0) is 26.2. The number of rotatable bonds is 9. The number of ether oxygens (including phenoxy) is 4. The molecule has 9 heteroatoms. The molecule has 2 fully saturated rings. The summed E-state index contributed by atoms with van der Waals surface area (Å²) in [4.78, 5) is 25.5. The lowest BCUT2D eigenvalue weighted by molar-refractivity contribution is -0.253. The van der Waals surface area contributed by atoms with E-state index in [-0.39, 0.29) is 24.7 Å². The SMILES string of the molecule is CC(=O)O[C@@H](C)C(=O)NCc1ccc([C@@H]2O[C@H](CN3CCOCC3)C[C@H](c3ccc(CO)cc3)O2)cc1. The van der Waals surface area contributed by atoms with Crippen LogP contribution in [-0.4, -0.2) is 66.9 Å². The summed E-state index contributed by atoms with van der Waals surface area (Å²) < 4.78 is 23.2. The molecule has 0 aromatic heterocycles. The smallest absolute Gasteiger partial charge is 0.303 e. The predicted molar refractivity (Wildman–Crippen MR) is 135 cm³/mol. The Labute approximate surface area is 217 Å². The van der Waals surface area contributed by atoms with Crippen LogP contribution in [0.15, 0.2) is 48.5 Å². The number of esters is 1. The fourth-order valence-electron chi connectivity index (χ4n) is 4.53. The lowest BCUT2D eigenvalue weighted by Gasteiger charge is -2.39. The molecule has 0 aliphatic carbocycles. The Hall–Kier alpha value is -2.82. The molecule has 2 aromatic rings. The van der Waals surface area contributed by atoms with Crippen LogP contribution in [0.25, 0.3) is 0 Å². The molecule has 2 saturated heterocycles. The van der Waals surface area contributed by atoms with Crippen molar-refractivity contribution in [2.24, 2.45) is 0 Å². The fraction of sp³-hybridized carbons (Fsp3) is 0.500. The van der Waals surface area contributed by atoms with Crippen LogP contribution >= 0.6 is 0 Å². The van der Waals surface area contributed by atoms with E-state index >= 15 is 0 Å². The van der Waals surface area contributed by atoms with Crippen molar-refractivity contribution >= 4 is 11.9 Å². The maximum atomic E-state index is 12.1. The standard InChI is InChI=1S/C28H36N2O7/c1-19(35-20(2)32)27(33)29-16-21-3-9-24(10-4-21)28-36-25(17-30-11-13-34-14-12-30)15-26(37-28)23-7-5-22(18-31)6-8-23/h3-10,19,25-26,28,31H,11-18H2,1-2H3,(H,29,33)/t19-,25-,26+,28+/m0/s1. The van der Waals surface area contributed by atoms with Gasteiger partial charge in [-0.25, -0.2) is 0 Å². The van der Waals surface area contributed by atoms with Crippen LogP contribution in [-0.2, 0) is 41.7 Å². The second-order valence-corrected chi connectivity index (χ2v) is 9.47. The summed E-state index contributed by atoms with van der Waals surface area (Å²) in [6.45, 7) is 7.18. The van der Waals surface area contributed by atoms with E-state index in [1.54, 1.807) is 6.92 Å². The molecular weight excluding hydrogens is 476 g/mol. The summed E-state index contributed by atoms with van der Waals surface area (Å²) in [6, 6.07) is 15.6. The number of aliphatic hydroxyl groups is 1. The number of amides is 1. The number of benzene rings is 2. The lowest BCUT2D eigenvalue weighted by atomic mass is 9.99. The summed E-state index contributed by atoms with van der Waals surface area (Å²) in [5.74, 6) is -0.840. The van der Waals surface area contributed by atoms with E-state index in [4.69, 9.17) is 18.9 Å².